The molecule has 0 spiro atoms. The molecule has 2 bridgehead atoms. The largest absolute Gasteiger partial charge is 0.347 e. The molecule has 0 saturated carbocycles. The Bertz CT molecular complexity index is 1770. The van der Waals surface area contributed by atoms with Gasteiger partial charge in [0.1, 0.15) is 0 Å². The second kappa shape index (κ2) is 5.83. The Labute approximate surface area is 192 Å². The molecule has 0 amide bonds. The summed E-state index contributed by atoms with van der Waals surface area (Å²) < 4.78 is 6.03. The molecule has 160 valence electrons. The van der Waals surface area contributed by atoms with Gasteiger partial charge in [0.25, 0.3) is 0 Å². The number of fused-ring (bicyclic) bond motifs is 5. The molecule has 4 aliphatic rings. The lowest BCUT2D eigenvalue weighted by Gasteiger charge is -2.52. The SMILES string of the molecule is Cn1c(=O)n2n(c1=O)C1c3ccccc3C2[C@H]2c3ccccc3-c3sc4ccccc4c3[C@@H]12. The molecule has 0 fully saturated rings. The molecule has 5 aromatic rings. The van der Waals surface area contributed by atoms with Gasteiger partial charge in [-0.3, -0.25) is 0 Å². The third-order valence-electron chi connectivity index (χ3n) is 7.96. The molecular formula is C27H19N3O2S. The van der Waals surface area contributed by atoms with Crippen LogP contribution in [0, 0.1) is 0 Å². The summed E-state index contributed by atoms with van der Waals surface area (Å²) in [4.78, 5) is 28.0. The minimum atomic E-state index is -0.235. The van der Waals surface area contributed by atoms with Gasteiger partial charge >= 0.3 is 11.4 Å². The zero-order chi connectivity index (χ0) is 22.0. The number of nitrogens with zero attached hydrogens (tertiary/aromatic N) is 3. The number of benzene rings is 3. The summed E-state index contributed by atoms with van der Waals surface area (Å²) in [5, 5.41) is 1.27. The van der Waals surface area contributed by atoms with E-state index in [1.54, 1.807) is 16.4 Å². The van der Waals surface area contributed by atoms with Crippen LogP contribution in [-0.4, -0.2) is 13.9 Å². The fourth-order valence-corrected chi connectivity index (χ4v) is 8.07. The lowest BCUT2D eigenvalue weighted by Crippen LogP contribution is -2.51. The lowest BCUT2D eigenvalue weighted by atomic mass is 9.60. The van der Waals surface area contributed by atoms with Gasteiger partial charge in [0.15, 0.2) is 0 Å². The number of hydrogen-bond acceptors (Lipinski definition) is 3. The van der Waals surface area contributed by atoms with Crippen LogP contribution in [0.5, 0.6) is 0 Å². The van der Waals surface area contributed by atoms with Crippen LogP contribution in [0.15, 0.2) is 82.4 Å². The molecule has 33 heavy (non-hydrogen) atoms. The minimum Gasteiger partial charge on any atom is -0.246 e. The summed E-state index contributed by atoms with van der Waals surface area (Å²) in [6.45, 7) is 0. The molecule has 5 nitrogen and oxygen atoms in total. The van der Waals surface area contributed by atoms with Gasteiger partial charge in [-0.1, -0.05) is 66.7 Å². The van der Waals surface area contributed by atoms with Crippen LogP contribution in [0.3, 0.4) is 0 Å². The third kappa shape index (κ3) is 1.92. The van der Waals surface area contributed by atoms with Gasteiger partial charge < -0.3 is 0 Å². The molecule has 0 N–H and O–H groups in total. The van der Waals surface area contributed by atoms with Crippen molar-refractivity contribution >= 4 is 21.4 Å². The van der Waals surface area contributed by atoms with Crippen LogP contribution in [0.1, 0.15) is 46.2 Å². The number of rotatable bonds is 0. The molecule has 0 saturated heterocycles. The fraction of sp³-hybridized carbons (Fsp3) is 0.185. The van der Waals surface area contributed by atoms with Gasteiger partial charge in [-0.25, -0.2) is 23.5 Å². The van der Waals surface area contributed by atoms with Crippen LogP contribution in [0.2, 0.25) is 0 Å². The number of hydrogen-bond donors (Lipinski definition) is 0. The Morgan fingerprint density at radius 2 is 1.27 bits per heavy atom. The Morgan fingerprint density at radius 3 is 2.00 bits per heavy atom. The highest BCUT2D eigenvalue weighted by atomic mass is 32.1. The summed E-state index contributed by atoms with van der Waals surface area (Å²) in [5.74, 6) is 0.177. The predicted molar refractivity (Wildman–Crippen MR) is 129 cm³/mol. The van der Waals surface area contributed by atoms with E-state index in [4.69, 9.17) is 0 Å². The number of thiophene rings is 1. The van der Waals surface area contributed by atoms with Gasteiger partial charge in [0.05, 0.1) is 12.1 Å². The van der Waals surface area contributed by atoms with Crippen molar-refractivity contribution in [1.82, 2.24) is 13.9 Å². The first-order chi connectivity index (χ1) is 16.2. The van der Waals surface area contributed by atoms with Crippen LogP contribution in [-0.2, 0) is 7.05 Å². The molecule has 9 rings (SSSR count). The van der Waals surface area contributed by atoms with E-state index < -0.39 is 0 Å². The monoisotopic (exact) mass is 449 g/mol. The van der Waals surface area contributed by atoms with Crippen LogP contribution in [0.4, 0.5) is 0 Å². The third-order valence-corrected chi connectivity index (χ3v) is 9.18. The molecule has 4 atom stereocenters. The quantitative estimate of drug-likeness (QED) is 0.347. The highest BCUT2D eigenvalue weighted by Gasteiger charge is 2.56. The molecule has 4 heterocycles. The maximum Gasteiger partial charge on any atom is 0.347 e. The Morgan fingerprint density at radius 1 is 0.697 bits per heavy atom. The van der Waals surface area contributed by atoms with Crippen molar-refractivity contribution in [3.05, 3.63) is 116 Å². The van der Waals surface area contributed by atoms with Crippen molar-refractivity contribution in [2.24, 2.45) is 7.05 Å². The zero-order valence-corrected chi connectivity index (χ0v) is 18.6. The average Bonchev–Trinajstić information content (AvgIpc) is 3.36. The minimum absolute atomic E-state index is 0.0884. The lowest BCUT2D eigenvalue weighted by molar-refractivity contribution is 0.175. The van der Waals surface area contributed by atoms with Gasteiger partial charge in [-0.2, -0.15) is 0 Å². The summed E-state index contributed by atoms with van der Waals surface area (Å²) in [7, 11) is 1.59. The van der Waals surface area contributed by atoms with Crippen molar-refractivity contribution in [1.29, 1.82) is 0 Å². The van der Waals surface area contributed by atoms with E-state index >= 15 is 0 Å². The summed E-state index contributed by atoms with van der Waals surface area (Å²) in [5.41, 5.74) is 5.73. The molecule has 6 heteroatoms. The van der Waals surface area contributed by atoms with Crippen LogP contribution >= 0.6 is 11.3 Å². The molecule has 3 aromatic carbocycles. The first-order valence-corrected chi connectivity index (χ1v) is 12.1. The van der Waals surface area contributed by atoms with E-state index in [9.17, 15) is 9.59 Å². The fourth-order valence-electron chi connectivity index (χ4n) is 6.77. The molecule has 0 radical (unpaired) electrons. The topological polar surface area (TPSA) is 48.9 Å². The number of aromatic nitrogens is 3. The van der Waals surface area contributed by atoms with Crippen molar-refractivity contribution in [2.75, 3.05) is 0 Å². The van der Waals surface area contributed by atoms with Gasteiger partial charge in [0, 0.05) is 28.5 Å². The Hall–Kier alpha value is -3.64. The first kappa shape index (κ1) is 17.9. The molecule has 2 aliphatic carbocycles. The zero-order valence-electron chi connectivity index (χ0n) is 17.8. The Balaban J connectivity index is 1.59. The normalized spacial score (nSPS) is 23.5. The maximum absolute atomic E-state index is 13.4. The standard InChI is InChI=1S/C27H19N3O2S/c1-28-26(31)29-23-15-9-3-4-10-16(15)24(30(29)27(28)32)22-20(23)14-8-2-5-11-17(14)25-21(22)18-12-6-7-13-19(18)33-25/h2-13,20,22-24H,1H3/t20-,22-,23?,24?/m0/s1. The van der Waals surface area contributed by atoms with Crippen molar-refractivity contribution < 1.29 is 0 Å². The van der Waals surface area contributed by atoms with E-state index in [2.05, 4.69) is 60.7 Å². The highest BCUT2D eigenvalue weighted by molar-refractivity contribution is 7.22. The summed E-state index contributed by atoms with van der Waals surface area (Å²) in [6.07, 6.45) is 0. The molecular weight excluding hydrogens is 430 g/mol. The smallest absolute Gasteiger partial charge is 0.246 e. The van der Waals surface area contributed by atoms with Crippen LogP contribution in [0.25, 0.3) is 20.5 Å². The van der Waals surface area contributed by atoms with Crippen LogP contribution < -0.4 is 11.4 Å². The van der Waals surface area contributed by atoms with Crippen molar-refractivity contribution in [3.8, 4) is 10.4 Å². The van der Waals surface area contributed by atoms with E-state index in [1.165, 1.54) is 36.2 Å². The van der Waals surface area contributed by atoms with Gasteiger partial charge in [0.2, 0.25) is 0 Å². The van der Waals surface area contributed by atoms with Gasteiger partial charge in [-0.05, 0) is 39.3 Å². The second-order valence-corrected chi connectivity index (χ2v) is 10.4. The highest BCUT2D eigenvalue weighted by Crippen LogP contribution is 2.65. The van der Waals surface area contributed by atoms with E-state index in [0.29, 0.717) is 0 Å². The predicted octanol–water partition coefficient (Wildman–Crippen LogP) is 4.62. The molecule has 2 unspecified atom stereocenters. The van der Waals surface area contributed by atoms with E-state index in [1.807, 2.05) is 23.5 Å². The average molecular weight is 450 g/mol. The first-order valence-electron chi connectivity index (χ1n) is 11.3. The summed E-state index contributed by atoms with van der Waals surface area (Å²) in [6, 6.07) is 25.2. The maximum atomic E-state index is 13.4. The molecule has 2 aliphatic heterocycles. The van der Waals surface area contributed by atoms with E-state index in [0.717, 1.165) is 11.1 Å². The molecule has 2 aromatic heterocycles. The van der Waals surface area contributed by atoms with E-state index in [-0.39, 0.29) is 35.3 Å². The van der Waals surface area contributed by atoms with Gasteiger partial charge in [-0.15, -0.1) is 11.3 Å². The van der Waals surface area contributed by atoms with Crippen molar-refractivity contribution in [2.45, 2.75) is 23.9 Å². The Kier molecular flexibility index (Phi) is 3.15. The second-order valence-electron chi connectivity index (χ2n) is 9.31. The summed E-state index contributed by atoms with van der Waals surface area (Å²) >= 11 is 1.84. The van der Waals surface area contributed by atoms with Crippen molar-refractivity contribution in [3.63, 3.8) is 0 Å².